The van der Waals surface area contributed by atoms with Crippen LogP contribution in [0.15, 0.2) is 30.3 Å². The van der Waals surface area contributed by atoms with E-state index in [1.54, 1.807) is 0 Å². The van der Waals surface area contributed by atoms with Crippen LogP contribution in [0.25, 0.3) is 0 Å². The zero-order valence-corrected chi connectivity index (χ0v) is 10.4. The summed E-state index contributed by atoms with van der Waals surface area (Å²) in [5.74, 6) is 0. The molecule has 0 aliphatic heterocycles. The Morgan fingerprint density at radius 2 is 1.80 bits per heavy atom. The molecule has 0 radical (unpaired) electrons. The first-order valence-electron chi connectivity index (χ1n) is 5.19. The van der Waals surface area contributed by atoms with Gasteiger partial charge in [-0.15, -0.1) is 0 Å². The fraction of sp³-hybridized carbons (Fsp3) is 0.500. The Balaban J connectivity index is 1.93. The highest BCUT2D eigenvalue weighted by Crippen LogP contribution is 2.00. The van der Waals surface area contributed by atoms with Crippen LogP contribution in [0.2, 0.25) is 0 Å². The van der Waals surface area contributed by atoms with Crippen molar-refractivity contribution < 1.29 is 9.47 Å². The molecule has 15 heavy (non-hydrogen) atoms. The lowest BCUT2D eigenvalue weighted by Crippen LogP contribution is -2.01. The second kappa shape index (κ2) is 8.89. The molecule has 1 aromatic rings. The van der Waals surface area contributed by atoms with Gasteiger partial charge < -0.3 is 9.47 Å². The number of hydrogen-bond acceptors (Lipinski definition) is 2. The van der Waals surface area contributed by atoms with Gasteiger partial charge in [-0.05, 0) is 18.4 Å². The summed E-state index contributed by atoms with van der Waals surface area (Å²) in [6.07, 6.45) is 2.23. The van der Waals surface area contributed by atoms with E-state index in [0.717, 1.165) is 24.8 Å². The van der Waals surface area contributed by atoms with Crippen LogP contribution in [0.5, 0.6) is 0 Å². The number of halogens is 1. The summed E-state index contributed by atoms with van der Waals surface area (Å²) in [5, 5.41) is 1.04. The molecule has 2 nitrogen and oxygen atoms in total. The molecule has 1 rings (SSSR count). The van der Waals surface area contributed by atoms with Crippen molar-refractivity contribution in [2.24, 2.45) is 0 Å². The normalized spacial score (nSPS) is 10.5. The van der Waals surface area contributed by atoms with Gasteiger partial charge in [-0.2, -0.15) is 0 Å². The molecule has 0 heterocycles. The highest BCUT2D eigenvalue weighted by Gasteiger charge is 1.92. The van der Waals surface area contributed by atoms with Crippen LogP contribution in [0.4, 0.5) is 0 Å². The van der Waals surface area contributed by atoms with Crippen molar-refractivity contribution in [1.82, 2.24) is 0 Å². The molecule has 0 aliphatic rings. The molecule has 0 aliphatic carbocycles. The summed E-state index contributed by atoms with van der Waals surface area (Å²) < 4.78 is 10.7. The molecule has 0 bridgehead atoms. The molecule has 0 saturated carbocycles. The second-order valence-corrected chi connectivity index (χ2v) is 4.05. The number of rotatable bonds is 8. The van der Waals surface area contributed by atoms with Gasteiger partial charge in [0, 0.05) is 11.9 Å². The van der Waals surface area contributed by atoms with E-state index in [0.29, 0.717) is 13.4 Å². The minimum Gasteiger partial charge on any atom is -0.355 e. The minimum atomic E-state index is 0.386. The summed E-state index contributed by atoms with van der Waals surface area (Å²) in [7, 11) is 0. The van der Waals surface area contributed by atoms with Crippen molar-refractivity contribution in [3.8, 4) is 0 Å². The molecule has 1 aromatic carbocycles. The Labute approximate surface area is 99.7 Å². The quantitative estimate of drug-likeness (QED) is 0.411. The van der Waals surface area contributed by atoms with Gasteiger partial charge in [0.2, 0.25) is 0 Å². The average Bonchev–Trinajstić information content (AvgIpc) is 2.29. The van der Waals surface area contributed by atoms with Gasteiger partial charge in [0.1, 0.15) is 6.79 Å². The SMILES string of the molecule is BrCCCCOCOCc1ccccc1. The van der Waals surface area contributed by atoms with E-state index in [-0.39, 0.29) is 0 Å². The lowest BCUT2D eigenvalue weighted by molar-refractivity contribution is -0.0620. The smallest absolute Gasteiger partial charge is 0.147 e. The summed E-state index contributed by atoms with van der Waals surface area (Å²) in [6, 6.07) is 10.1. The number of hydrogen-bond donors (Lipinski definition) is 0. The Hall–Kier alpha value is -0.380. The maximum atomic E-state index is 5.37. The molecule has 84 valence electrons. The average molecular weight is 273 g/mol. The van der Waals surface area contributed by atoms with Crippen molar-refractivity contribution in [2.45, 2.75) is 19.4 Å². The lowest BCUT2D eigenvalue weighted by Gasteiger charge is -2.05. The van der Waals surface area contributed by atoms with Crippen LogP contribution >= 0.6 is 15.9 Å². The van der Waals surface area contributed by atoms with Crippen molar-refractivity contribution in [1.29, 1.82) is 0 Å². The molecule has 3 heteroatoms. The zero-order valence-electron chi connectivity index (χ0n) is 8.82. The van der Waals surface area contributed by atoms with Crippen molar-refractivity contribution in [2.75, 3.05) is 18.7 Å². The van der Waals surface area contributed by atoms with Gasteiger partial charge in [-0.1, -0.05) is 46.3 Å². The maximum absolute atomic E-state index is 5.37. The van der Waals surface area contributed by atoms with Gasteiger partial charge >= 0.3 is 0 Å². The van der Waals surface area contributed by atoms with Gasteiger partial charge in [0.25, 0.3) is 0 Å². The maximum Gasteiger partial charge on any atom is 0.147 e. The molecule has 0 unspecified atom stereocenters. The predicted molar refractivity (Wildman–Crippen MR) is 65.1 cm³/mol. The third kappa shape index (κ3) is 6.66. The molecule has 0 saturated heterocycles. The van der Waals surface area contributed by atoms with E-state index < -0.39 is 0 Å². The fourth-order valence-electron chi connectivity index (χ4n) is 1.15. The first-order chi connectivity index (χ1) is 7.43. The van der Waals surface area contributed by atoms with Crippen molar-refractivity contribution in [3.63, 3.8) is 0 Å². The Kier molecular flexibility index (Phi) is 7.52. The van der Waals surface area contributed by atoms with Crippen LogP contribution in [0.3, 0.4) is 0 Å². The predicted octanol–water partition coefficient (Wildman–Crippen LogP) is 3.35. The van der Waals surface area contributed by atoms with Gasteiger partial charge in [-0.3, -0.25) is 0 Å². The number of benzene rings is 1. The van der Waals surface area contributed by atoms with E-state index in [2.05, 4.69) is 15.9 Å². The molecule has 0 fully saturated rings. The molecule has 0 aromatic heterocycles. The molecular formula is C12H17BrO2. The molecule has 0 N–H and O–H groups in total. The second-order valence-electron chi connectivity index (χ2n) is 3.26. The van der Waals surface area contributed by atoms with Crippen LogP contribution in [0.1, 0.15) is 18.4 Å². The third-order valence-corrected chi connectivity index (χ3v) is 2.51. The monoisotopic (exact) mass is 272 g/mol. The van der Waals surface area contributed by atoms with E-state index in [1.807, 2.05) is 30.3 Å². The molecule has 0 spiro atoms. The zero-order chi connectivity index (χ0) is 10.8. The highest BCUT2D eigenvalue weighted by molar-refractivity contribution is 9.09. The van der Waals surface area contributed by atoms with Crippen LogP contribution < -0.4 is 0 Å². The first kappa shape index (κ1) is 12.7. The highest BCUT2D eigenvalue weighted by atomic mass is 79.9. The summed E-state index contributed by atoms with van der Waals surface area (Å²) in [6.45, 7) is 1.79. The largest absolute Gasteiger partial charge is 0.355 e. The summed E-state index contributed by atoms with van der Waals surface area (Å²) in [5.41, 5.74) is 1.18. The Bertz CT molecular complexity index is 239. The topological polar surface area (TPSA) is 18.5 Å². The van der Waals surface area contributed by atoms with Crippen LogP contribution in [0, 0.1) is 0 Å². The standard InChI is InChI=1S/C12H17BrO2/c13-8-4-5-9-14-11-15-10-12-6-2-1-3-7-12/h1-3,6-7H,4-5,8-11H2. The van der Waals surface area contributed by atoms with E-state index >= 15 is 0 Å². The van der Waals surface area contributed by atoms with E-state index in [9.17, 15) is 0 Å². The van der Waals surface area contributed by atoms with Crippen LogP contribution in [-0.2, 0) is 16.1 Å². The van der Waals surface area contributed by atoms with E-state index in [1.165, 1.54) is 5.56 Å². The van der Waals surface area contributed by atoms with Crippen LogP contribution in [-0.4, -0.2) is 18.7 Å². The summed E-state index contributed by atoms with van der Waals surface area (Å²) in [4.78, 5) is 0. The Morgan fingerprint density at radius 3 is 2.53 bits per heavy atom. The van der Waals surface area contributed by atoms with Gasteiger partial charge in [0.15, 0.2) is 0 Å². The number of alkyl halides is 1. The number of unbranched alkanes of at least 4 members (excludes halogenated alkanes) is 1. The van der Waals surface area contributed by atoms with Crippen molar-refractivity contribution >= 4 is 15.9 Å². The molecule has 0 amide bonds. The van der Waals surface area contributed by atoms with Crippen molar-refractivity contribution in [3.05, 3.63) is 35.9 Å². The summed E-state index contributed by atoms with van der Waals surface area (Å²) >= 11 is 3.38. The lowest BCUT2D eigenvalue weighted by atomic mass is 10.2. The third-order valence-electron chi connectivity index (χ3n) is 1.95. The Morgan fingerprint density at radius 1 is 1.00 bits per heavy atom. The van der Waals surface area contributed by atoms with Gasteiger partial charge in [-0.25, -0.2) is 0 Å². The number of ether oxygens (including phenoxy) is 2. The molecule has 0 atom stereocenters. The minimum absolute atomic E-state index is 0.386. The fourth-order valence-corrected chi connectivity index (χ4v) is 1.55. The molecular weight excluding hydrogens is 256 g/mol. The first-order valence-corrected chi connectivity index (χ1v) is 6.31. The van der Waals surface area contributed by atoms with Gasteiger partial charge in [0.05, 0.1) is 6.61 Å². The van der Waals surface area contributed by atoms with E-state index in [4.69, 9.17) is 9.47 Å².